The second kappa shape index (κ2) is 6.13. The predicted molar refractivity (Wildman–Crippen MR) is 78.3 cm³/mol. The number of benzene rings is 1. The molecule has 8 heteroatoms. The van der Waals surface area contributed by atoms with Gasteiger partial charge in [-0.15, -0.1) is 0 Å². The molecule has 1 aromatic carbocycles. The maximum absolute atomic E-state index is 12.5. The molecule has 0 saturated carbocycles. The van der Waals surface area contributed by atoms with Gasteiger partial charge in [-0.05, 0) is 47.0 Å². The molecule has 0 aromatic heterocycles. The fraction of sp³-hybridized carbons (Fsp3) is 0.417. The standard InChI is InChI=1S/C12H13Br2NO4S/c13-9-1-2-10(14)11(7-9)20(18,19)15-5-3-8(4-6-15)12(16)17/h1-2,7-8H,3-6H2,(H,16,17)/p-1. The van der Waals surface area contributed by atoms with Crippen molar-refractivity contribution in [2.24, 2.45) is 5.92 Å². The Bertz CT molecular complexity index is 624. The van der Waals surface area contributed by atoms with Crippen LogP contribution >= 0.6 is 31.9 Å². The number of rotatable bonds is 3. The normalized spacial score (nSPS) is 18.1. The second-order valence-electron chi connectivity index (χ2n) is 4.57. The number of carboxylic acid groups (broad SMARTS) is 1. The van der Waals surface area contributed by atoms with Crippen molar-refractivity contribution < 1.29 is 18.3 Å². The van der Waals surface area contributed by atoms with Gasteiger partial charge in [-0.2, -0.15) is 4.31 Å². The van der Waals surface area contributed by atoms with Gasteiger partial charge >= 0.3 is 0 Å². The molecule has 0 unspecified atom stereocenters. The molecule has 2 rings (SSSR count). The highest BCUT2D eigenvalue weighted by atomic mass is 79.9. The minimum atomic E-state index is -3.62. The predicted octanol–water partition coefficient (Wildman–Crippen LogP) is 1.36. The van der Waals surface area contributed by atoms with Crippen LogP contribution in [0.1, 0.15) is 12.8 Å². The van der Waals surface area contributed by atoms with Gasteiger partial charge in [0.2, 0.25) is 10.0 Å². The SMILES string of the molecule is O=C([O-])C1CCN(S(=O)(=O)c2cc(Br)ccc2Br)CC1. The Balaban J connectivity index is 2.24. The Labute approximate surface area is 134 Å². The van der Waals surface area contributed by atoms with Gasteiger partial charge < -0.3 is 9.90 Å². The number of aliphatic carboxylic acids is 1. The number of piperidine rings is 1. The lowest BCUT2D eigenvalue weighted by atomic mass is 9.99. The first-order valence-electron chi connectivity index (χ1n) is 5.98. The molecule has 0 atom stereocenters. The van der Waals surface area contributed by atoms with Gasteiger partial charge in [-0.25, -0.2) is 8.42 Å². The monoisotopic (exact) mass is 424 g/mol. The Hall–Kier alpha value is -0.440. The zero-order chi connectivity index (χ0) is 14.9. The fourth-order valence-corrected chi connectivity index (χ4v) is 5.08. The maximum Gasteiger partial charge on any atom is 0.244 e. The van der Waals surface area contributed by atoms with Crippen molar-refractivity contribution in [3.8, 4) is 0 Å². The number of carbonyl (C=O) groups excluding carboxylic acids is 1. The van der Waals surface area contributed by atoms with Crippen LogP contribution in [0, 0.1) is 5.92 Å². The third-order valence-corrected chi connectivity index (χ3v) is 6.68. The summed E-state index contributed by atoms with van der Waals surface area (Å²) < 4.78 is 27.6. The van der Waals surface area contributed by atoms with Gasteiger partial charge in [-0.1, -0.05) is 15.9 Å². The lowest BCUT2D eigenvalue weighted by Crippen LogP contribution is -2.43. The van der Waals surface area contributed by atoms with Crippen LogP contribution in [-0.2, 0) is 14.8 Å². The highest BCUT2D eigenvalue weighted by Gasteiger charge is 2.31. The highest BCUT2D eigenvalue weighted by molar-refractivity contribution is 9.11. The Morgan fingerprint density at radius 2 is 1.85 bits per heavy atom. The minimum absolute atomic E-state index is 0.179. The molecule has 1 aliphatic heterocycles. The molecule has 0 N–H and O–H groups in total. The fourth-order valence-electron chi connectivity index (χ4n) is 2.15. The molecule has 1 saturated heterocycles. The van der Waals surface area contributed by atoms with Crippen molar-refractivity contribution in [2.75, 3.05) is 13.1 Å². The van der Waals surface area contributed by atoms with Gasteiger partial charge in [0.1, 0.15) is 0 Å². The van der Waals surface area contributed by atoms with E-state index in [1.54, 1.807) is 12.1 Å². The van der Waals surface area contributed by atoms with Gasteiger partial charge in [0.15, 0.2) is 0 Å². The van der Waals surface area contributed by atoms with Gasteiger partial charge in [0, 0.05) is 33.9 Å². The molecule has 20 heavy (non-hydrogen) atoms. The van der Waals surface area contributed by atoms with Crippen LogP contribution in [0.2, 0.25) is 0 Å². The van der Waals surface area contributed by atoms with Crippen LogP contribution in [0.4, 0.5) is 0 Å². The van der Waals surface area contributed by atoms with E-state index in [9.17, 15) is 18.3 Å². The Kier molecular flexibility index (Phi) is 4.88. The molecular weight excluding hydrogens is 414 g/mol. The van der Waals surface area contributed by atoms with E-state index in [1.165, 1.54) is 10.4 Å². The lowest BCUT2D eigenvalue weighted by molar-refractivity contribution is -0.312. The quantitative estimate of drug-likeness (QED) is 0.732. The smallest absolute Gasteiger partial charge is 0.244 e. The summed E-state index contributed by atoms with van der Waals surface area (Å²) in [5.41, 5.74) is 0. The van der Waals surface area contributed by atoms with Crippen molar-refractivity contribution in [1.29, 1.82) is 0 Å². The summed E-state index contributed by atoms with van der Waals surface area (Å²) in [6.45, 7) is 0.389. The van der Waals surface area contributed by atoms with Crippen LogP contribution < -0.4 is 5.11 Å². The molecule has 1 aromatic rings. The first-order chi connectivity index (χ1) is 9.32. The Morgan fingerprint density at radius 1 is 1.25 bits per heavy atom. The van der Waals surface area contributed by atoms with E-state index in [4.69, 9.17) is 0 Å². The zero-order valence-corrected chi connectivity index (χ0v) is 14.4. The average Bonchev–Trinajstić information content (AvgIpc) is 2.41. The van der Waals surface area contributed by atoms with E-state index in [0.717, 1.165) is 0 Å². The van der Waals surface area contributed by atoms with Crippen LogP contribution in [-0.4, -0.2) is 31.8 Å². The van der Waals surface area contributed by atoms with Gasteiger partial charge in [0.25, 0.3) is 0 Å². The molecule has 0 aliphatic carbocycles. The number of hydrogen-bond acceptors (Lipinski definition) is 4. The summed E-state index contributed by atoms with van der Waals surface area (Å²) >= 11 is 6.49. The summed E-state index contributed by atoms with van der Waals surface area (Å²) in [5, 5.41) is 10.8. The van der Waals surface area contributed by atoms with Crippen molar-refractivity contribution in [3.63, 3.8) is 0 Å². The van der Waals surface area contributed by atoms with Crippen LogP contribution in [0.15, 0.2) is 32.0 Å². The van der Waals surface area contributed by atoms with E-state index >= 15 is 0 Å². The van der Waals surface area contributed by atoms with E-state index in [-0.39, 0.29) is 30.8 Å². The van der Waals surface area contributed by atoms with Crippen LogP contribution in [0.3, 0.4) is 0 Å². The zero-order valence-electron chi connectivity index (χ0n) is 10.4. The summed E-state index contributed by atoms with van der Waals surface area (Å²) in [5.74, 6) is -1.67. The third kappa shape index (κ3) is 3.24. The number of carboxylic acids is 1. The molecule has 0 radical (unpaired) electrons. The van der Waals surface area contributed by atoms with E-state index < -0.39 is 21.9 Å². The van der Waals surface area contributed by atoms with Crippen molar-refractivity contribution in [2.45, 2.75) is 17.7 Å². The van der Waals surface area contributed by atoms with Crippen LogP contribution in [0.25, 0.3) is 0 Å². The maximum atomic E-state index is 12.5. The topological polar surface area (TPSA) is 77.5 Å². The molecule has 1 fully saturated rings. The van der Waals surface area contributed by atoms with Gasteiger partial charge in [0.05, 0.1) is 4.90 Å². The van der Waals surface area contributed by atoms with Crippen molar-refractivity contribution >= 4 is 47.9 Å². The van der Waals surface area contributed by atoms with E-state index in [0.29, 0.717) is 8.95 Å². The third-order valence-electron chi connectivity index (χ3n) is 3.30. The van der Waals surface area contributed by atoms with Crippen molar-refractivity contribution in [1.82, 2.24) is 4.31 Å². The highest BCUT2D eigenvalue weighted by Crippen LogP contribution is 2.30. The molecule has 0 bridgehead atoms. The lowest BCUT2D eigenvalue weighted by Gasteiger charge is -2.31. The molecule has 0 spiro atoms. The first-order valence-corrected chi connectivity index (χ1v) is 9.01. The molecule has 0 amide bonds. The summed E-state index contributed by atoms with van der Waals surface area (Å²) in [6.07, 6.45) is 0.570. The van der Waals surface area contributed by atoms with Crippen molar-refractivity contribution in [3.05, 3.63) is 27.1 Å². The second-order valence-corrected chi connectivity index (χ2v) is 8.25. The van der Waals surface area contributed by atoms with Crippen LogP contribution in [0.5, 0.6) is 0 Å². The number of hydrogen-bond donors (Lipinski definition) is 0. The summed E-state index contributed by atoms with van der Waals surface area (Å²) in [7, 11) is -3.62. The van der Waals surface area contributed by atoms with Gasteiger partial charge in [-0.3, -0.25) is 0 Å². The number of sulfonamides is 1. The number of carbonyl (C=O) groups is 1. The van der Waals surface area contributed by atoms with E-state index in [1.807, 2.05) is 0 Å². The summed E-state index contributed by atoms with van der Waals surface area (Å²) in [4.78, 5) is 11.0. The van der Waals surface area contributed by atoms with E-state index in [2.05, 4.69) is 31.9 Å². The number of halogens is 2. The molecule has 1 aliphatic rings. The number of nitrogens with zero attached hydrogens (tertiary/aromatic N) is 1. The summed E-state index contributed by atoms with van der Waals surface area (Å²) in [6, 6.07) is 4.93. The Morgan fingerprint density at radius 3 is 2.40 bits per heavy atom. The molecule has 1 heterocycles. The minimum Gasteiger partial charge on any atom is -0.550 e. The molecule has 110 valence electrons. The molecule has 5 nitrogen and oxygen atoms in total. The molecular formula is C12H12Br2NO4S-. The average molecular weight is 426 g/mol. The largest absolute Gasteiger partial charge is 0.550 e. The first kappa shape index (κ1) is 15.9.